The molecule has 0 aromatic carbocycles. The number of amides is 1. The van der Waals surface area contributed by atoms with Crippen molar-refractivity contribution in [3.8, 4) is 0 Å². The molecule has 0 bridgehead atoms. The molecule has 0 radical (unpaired) electrons. The Labute approximate surface area is 116 Å². The number of nitrogens with zero attached hydrogens (tertiary/aromatic N) is 2. The lowest BCUT2D eigenvalue weighted by molar-refractivity contribution is -0.141. The molecule has 0 aliphatic rings. The minimum Gasteiger partial charge on any atom is -0.319 e. The summed E-state index contributed by atoms with van der Waals surface area (Å²) < 4.78 is 37.0. The smallest absolute Gasteiger partial charge is 0.319 e. The molecule has 20 heavy (non-hydrogen) atoms. The topological polar surface area (TPSA) is 54.9 Å². The number of hydrogen-bond donors (Lipinski definition) is 1. The molecular weight excluding hydrogens is 295 g/mol. The monoisotopic (exact) mass is 301 g/mol. The van der Waals surface area contributed by atoms with E-state index in [1.54, 1.807) is 0 Å². The van der Waals surface area contributed by atoms with Crippen LogP contribution in [0.4, 0.5) is 18.9 Å². The zero-order valence-electron chi connectivity index (χ0n) is 9.78. The lowest BCUT2D eigenvalue weighted by Gasteiger charge is -2.07. The lowest BCUT2D eigenvalue weighted by atomic mass is 10.3. The summed E-state index contributed by atoms with van der Waals surface area (Å²) in [6.45, 7) is 0. The number of halogens is 4. The Morgan fingerprint density at radius 1 is 1.20 bits per heavy atom. The van der Waals surface area contributed by atoms with Crippen molar-refractivity contribution in [2.45, 2.75) is 6.18 Å². The van der Waals surface area contributed by atoms with Gasteiger partial charge in [-0.3, -0.25) is 9.78 Å². The van der Waals surface area contributed by atoms with Gasteiger partial charge in [0.2, 0.25) is 0 Å². The van der Waals surface area contributed by atoms with Crippen molar-refractivity contribution < 1.29 is 18.0 Å². The summed E-state index contributed by atoms with van der Waals surface area (Å²) in [5.74, 6) is -0.589. The SMILES string of the molecule is O=C(Nc1ccc(C(F)(F)F)nc1)c1cc(Cl)ccn1. The molecule has 2 aromatic heterocycles. The number of carbonyl (C=O) groups is 1. The molecule has 0 unspecified atom stereocenters. The second-order valence-electron chi connectivity index (χ2n) is 3.74. The fraction of sp³-hybridized carbons (Fsp3) is 0.0833. The molecule has 104 valence electrons. The molecule has 0 aliphatic heterocycles. The van der Waals surface area contributed by atoms with E-state index in [9.17, 15) is 18.0 Å². The number of rotatable bonds is 2. The van der Waals surface area contributed by atoms with Crippen LogP contribution in [0.15, 0.2) is 36.7 Å². The minimum atomic E-state index is -4.52. The van der Waals surface area contributed by atoms with E-state index in [0.717, 1.165) is 18.3 Å². The van der Waals surface area contributed by atoms with Gasteiger partial charge in [-0.15, -0.1) is 0 Å². The molecule has 1 N–H and O–H groups in total. The first-order chi connectivity index (χ1) is 9.36. The summed E-state index contributed by atoms with van der Waals surface area (Å²) in [4.78, 5) is 18.8. The molecule has 0 aliphatic carbocycles. The van der Waals surface area contributed by atoms with Crippen molar-refractivity contribution in [2.75, 3.05) is 5.32 Å². The van der Waals surface area contributed by atoms with Gasteiger partial charge in [0, 0.05) is 11.2 Å². The molecule has 0 fully saturated rings. The van der Waals surface area contributed by atoms with Crippen LogP contribution in [0, 0.1) is 0 Å². The zero-order valence-corrected chi connectivity index (χ0v) is 10.5. The number of carbonyl (C=O) groups excluding carboxylic acids is 1. The molecule has 4 nitrogen and oxygen atoms in total. The quantitative estimate of drug-likeness (QED) is 0.925. The molecule has 1 amide bonds. The van der Waals surface area contributed by atoms with Gasteiger partial charge in [0.05, 0.1) is 11.9 Å². The highest BCUT2D eigenvalue weighted by atomic mass is 35.5. The van der Waals surface area contributed by atoms with Gasteiger partial charge in [-0.05, 0) is 24.3 Å². The normalized spacial score (nSPS) is 11.2. The summed E-state index contributed by atoms with van der Waals surface area (Å²) >= 11 is 5.71. The second kappa shape index (κ2) is 5.46. The van der Waals surface area contributed by atoms with E-state index in [-0.39, 0.29) is 11.4 Å². The zero-order chi connectivity index (χ0) is 14.8. The Hall–Kier alpha value is -2.15. The number of alkyl halides is 3. The largest absolute Gasteiger partial charge is 0.433 e. The maximum absolute atomic E-state index is 12.3. The van der Waals surface area contributed by atoms with Crippen LogP contribution in [-0.4, -0.2) is 15.9 Å². The van der Waals surface area contributed by atoms with Gasteiger partial charge in [0.1, 0.15) is 11.4 Å². The third-order valence-electron chi connectivity index (χ3n) is 2.27. The van der Waals surface area contributed by atoms with E-state index in [2.05, 4.69) is 15.3 Å². The van der Waals surface area contributed by atoms with Gasteiger partial charge in [-0.2, -0.15) is 13.2 Å². The molecule has 8 heteroatoms. The van der Waals surface area contributed by atoms with Crippen molar-refractivity contribution in [3.05, 3.63) is 53.1 Å². The minimum absolute atomic E-state index is 0.0531. The first kappa shape index (κ1) is 14.3. The van der Waals surface area contributed by atoms with Crippen molar-refractivity contribution in [3.63, 3.8) is 0 Å². The second-order valence-corrected chi connectivity index (χ2v) is 4.18. The Morgan fingerprint density at radius 2 is 1.95 bits per heavy atom. The van der Waals surface area contributed by atoms with Gasteiger partial charge in [0.15, 0.2) is 0 Å². The predicted octanol–water partition coefficient (Wildman–Crippen LogP) is 3.40. The highest BCUT2D eigenvalue weighted by molar-refractivity contribution is 6.30. The first-order valence-corrected chi connectivity index (χ1v) is 5.70. The number of anilines is 1. The van der Waals surface area contributed by atoms with Gasteiger partial charge in [-0.1, -0.05) is 11.6 Å². The number of hydrogen-bond acceptors (Lipinski definition) is 3. The third-order valence-corrected chi connectivity index (χ3v) is 2.50. The van der Waals surface area contributed by atoms with Crippen LogP contribution in [0.3, 0.4) is 0 Å². The van der Waals surface area contributed by atoms with Crippen LogP contribution in [-0.2, 0) is 6.18 Å². The number of pyridine rings is 2. The molecular formula is C12H7ClF3N3O. The predicted molar refractivity (Wildman–Crippen MR) is 66.4 cm³/mol. The molecule has 0 atom stereocenters. The molecule has 0 saturated heterocycles. The summed E-state index contributed by atoms with van der Waals surface area (Å²) in [6, 6.07) is 4.73. The van der Waals surface area contributed by atoms with Crippen molar-refractivity contribution in [2.24, 2.45) is 0 Å². The average molecular weight is 302 g/mol. The van der Waals surface area contributed by atoms with E-state index >= 15 is 0 Å². The van der Waals surface area contributed by atoms with Crippen LogP contribution in [0.1, 0.15) is 16.2 Å². The van der Waals surface area contributed by atoms with Gasteiger partial charge in [-0.25, -0.2) is 4.98 Å². The Balaban J connectivity index is 2.12. The van der Waals surface area contributed by atoms with E-state index in [4.69, 9.17) is 11.6 Å². The van der Waals surface area contributed by atoms with Crippen LogP contribution in [0.5, 0.6) is 0 Å². The summed E-state index contributed by atoms with van der Waals surface area (Å²) in [5.41, 5.74) is -0.849. The van der Waals surface area contributed by atoms with Crippen molar-refractivity contribution >= 4 is 23.2 Å². The van der Waals surface area contributed by atoms with E-state index in [1.165, 1.54) is 18.3 Å². The summed E-state index contributed by atoms with van der Waals surface area (Å²) in [6.07, 6.45) is -2.25. The van der Waals surface area contributed by atoms with Crippen LogP contribution < -0.4 is 5.32 Å². The van der Waals surface area contributed by atoms with Gasteiger partial charge >= 0.3 is 6.18 Å². The fourth-order valence-electron chi connectivity index (χ4n) is 1.36. The van der Waals surface area contributed by atoms with Gasteiger partial charge in [0.25, 0.3) is 5.91 Å². The maximum atomic E-state index is 12.3. The van der Waals surface area contributed by atoms with Crippen LogP contribution >= 0.6 is 11.6 Å². The highest BCUT2D eigenvalue weighted by Crippen LogP contribution is 2.27. The molecule has 2 rings (SSSR count). The third kappa shape index (κ3) is 3.45. The van der Waals surface area contributed by atoms with Crippen molar-refractivity contribution in [1.82, 2.24) is 9.97 Å². The Kier molecular flexibility index (Phi) is 3.89. The first-order valence-electron chi connectivity index (χ1n) is 5.32. The van der Waals surface area contributed by atoms with Crippen LogP contribution in [0.25, 0.3) is 0 Å². The fourth-order valence-corrected chi connectivity index (χ4v) is 1.52. The van der Waals surface area contributed by atoms with E-state index in [1.807, 2.05) is 0 Å². The summed E-state index contributed by atoms with van der Waals surface area (Å²) in [7, 11) is 0. The standard InChI is InChI=1S/C12H7ClF3N3O/c13-7-3-4-17-9(5-7)11(20)19-8-1-2-10(18-6-8)12(14,15)16/h1-6H,(H,19,20). The summed E-state index contributed by atoms with van der Waals surface area (Å²) in [5, 5.41) is 2.70. The molecule has 2 heterocycles. The number of nitrogens with one attached hydrogen (secondary N) is 1. The van der Waals surface area contributed by atoms with Gasteiger partial charge < -0.3 is 5.32 Å². The van der Waals surface area contributed by atoms with E-state index in [0.29, 0.717) is 5.02 Å². The molecule has 0 saturated carbocycles. The lowest BCUT2D eigenvalue weighted by Crippen LogP contribution is -2.14. The maximum Gasteiger partial charge on any atom is 0.433 e. The Bertz CT molecular complexity index is 629. The Morgan fingerprint density at radius 3 is 2.50 bits per heavy atom. The highest BCUT2D eigenvalue weighted by Gasteiger charge is 2.32. The molecule has 2 aromatic rings. The average Bonchev–Trinajstić information content (AvgIpc) is 2.38. The molecule has 0 spiro atoms. The number of aromatic nitrogens is 2. The van der Waals surface area contributed by atoms with Crippen molar-refractivity contribution in [1.29, 1.82) is 0 Å². The van der Waals surface area contributed by atoms with E-state index < -0.39 is 17.8 Å². The van der Waals surface area contributed by atoms with Crippen LogP contribution in [0.2, 0.25) is 5.02 Å².